The maximum absolute atomic E-state index is 12.6. The molecule has 0 amide bonds. The predicted molar refractivity (Wildman–Crippen MR) is 57.7 cm³/mol. The average Bonchev–Trinajstić information content (AvgIpc) is 2.22. The van der Waals surface area contributed by atoms with Gasteiger partial charge < -0.3 is 11.1 Å². The molecule has 2 nitrogen and oxygen atoms in total. The van der Waals surface area contributed by atoms with E-state index in [0.29, 0.717) is 12.5 Å². The summed E-state index contributed by atoms with van der Waals surface area (Å²) in [4.78, 5) is 0. The molecule has 0 fully saturated rings. The second-order valence-corrected chi connectivity index (χ2v) is 3.40. The van der Waals surface area contributed by atoms with Crippen molar-refractivity contribution in [2.24, 2.45) is 11.7 Å². The number of hydrogen-bond acceptors (Lipinski definition) is 2. The van der Waals surface area contributed by atoms with Crippen molar-refractivity contribution in [2.75, 3.05) is 18.4 Å². The standard InChI is InChI=1S/C11H17FN2/c1-2-9(7-13)8-14-11-5-3-10(12)4-6-11/h3-6,9,14H,2,7-8,13H2,1H3. The fourth-order valence-corrected chi connectivity index (χ4v) is 1.22. The van der Waals surface area contributed by atoms with Gasteiger partial charge in [-0.05, 0) is 36.7 Å². The first-order valence-electron chi connectivity index (χ1n) is 4.95. The van der Waals surface area contributed by atoms with Crippen molar-refractivity contribution in [1.29, 1.82) is 0 Å². The van der Waals surface area contributed by atoms with E-state index in [2.05, 4.69) is 12.2 Å². The fourth-order valence-electron chi connectivity index (χ4n) is 1.22. The van der Waals surface area contributed by atoms with Crippen molar-refractivity contribution >= 4 is 5.69 Å². The van der Waals surface area contributed by atoms with Crippen molar-refractivity contribution in [3.8, 4) is 0 Å². The second-order valence-electron chi connectivity index (χ2n) is 3.40. The Bertz CT molecular complexity index is 254. The van der Waals surface area contributed by atoms with E-state index in [0.717, 1.165) is 18.7 Å². The number of rotatable bonds is 5. The molecule has 1 aromatic rings. The van der Waals surface area contributed by atoms with Crippen LogP contribution in [0.4, 0.5) is 10.1 Å². The summed E-state index contributed by atoms with van der Waals surface area (Å²) in [7, 11) is 0. The van der Waals surface area contributed by atoms with Gasteiger partial charge in [-0.1, -0.05) is 13.3 Å². The van der Waals surface area contributed by atoms with E-state index in [9.17, 15) is 4.39 Å². The minimum absolute atomic E-state index is 0.207. The van der Waals surface area contributed by atoms with Crippen LogP contribution in [0.2, 0.25) is 0 Å². The monoisotopic (exact) mass is 196 g/mol. The minimum atomic E-state index is -0.207. The zero-order valence-electron chi connectivity index (χ0n) is 8.46. The molecule has 1 rings (SSSR count). The topological polar surface area (TPSA) is 38.0 Å². The molecule has 0 bridgehead atoms. The summed E-state index contributed by atoms with van der Waals surface area (Å²) >= 11 is 0. The third kappa shape index (κ3) is 3.34. The minimum Gasteiger partial charge on any atom is -0.385 e. The highest BCUT2D eigenvalue weighted by Crippen LogP contribution is 2.09. The molecule has 0 aliphatic rings. The molecule has 14 heavy (non-hydrogen) atoms. The van der Waals surface area contributed by atoms with Crippen LogP contribution in [0, 0.1) is 11.7 Å². The summed E-state index contributed by atoms with van der Waals surface area (Å²) in [5.41, 5.74) is 6.51. The molecule has 1 aromatic carbocycles. The van der Waals surface area contributed by atoms with E-state index in [1.807, 2.05) is 0 Å². The summed E-state index contributed by atoms with van der Waals surface area (Å²) in [5, 5.41) is 3.23. The lowest BCUT2D eigenvalue weighted by atomic mass is 10.1. The van der Waals surface area contributed by atoms with Crippen molar-refractivity contribution in [3.63, 3.8) is 0 Å². The number of hydrogen-bond donors (Lipinski definition) is 2. The van der Waals surface area contributed by atoms with Gasteiger partial charge in [0.05, 0.1) is 0 Å². The van der Waals surface area contributed by atoms with Gasteiger partial charge in [0.25, 0.3) is 0 Å². The van der Waals surface area contributed by atoms with Crippen molar-refractivity contribution in [3.05, 3.63) is 30.1 Å². The van der Waals surface area contributed by atoms with E-state index in [4.69, 9.17) is 5.73 Å². The first-order chi connectivity index (χ1) is 6.76. The normalized spacial score (nSPS) is 12.5. The first-order valence-corrected chi connectivity index (χ1v) is 4.95. The second kappa shape index (κ2) is 5.60. The molecule has 0 aliphatic heterocycles. The van der Waals surface area contributed by atoms with Gasteiger partial charge in [0.15, 0.2) is 0 Å². The summed E-state index contributed by atoms with van der Waals surface area (Å²) in [5.74, 6) is 0.279. The maximum atomic E-state index is 12.6. The molecule has 78 valence electrons. The largest absolute Gasteiger partial charge is 0.385 e. The lowest BCUT2D eigenvalue weighted by Crippen LogP contribution is -2.21. The molecular weight excluding hydrogens is 179 g/mol. The Kier molecular flexibility index (Phi) is 4.40. The molecule has 0 radical (unpaired) electrons. The van der Waals surface area contributed by atoms with Gasteiger partial charge in [-0.25, -0.2) is 4.39 Å². The van der Waals surface area contributed by atoms with Crippen molar-refractivity contribution in [2.45, 2.75) is 13.3 Å². The van der Waals surface area contributed by atoms with E-state index >= 15 is 0 Å². The van der Waals surface area contributed by atoms with Crippen molar-refractivity contribution < 1.29 is 4.39 Å². The van der Waals surface area contributed by atoms with Crippen molar-refractivity contribution in [1.82, 2.24) is 0 Å². The van der Waals surface area contributed by atoms with Crippen LogP contribution >= 0.6 is 0 Å². The maximum Gasteiger partial charge on any atom is 0.123 e. The van der Waals surface area contributed by atoms with E-state index < -0.39 is 0 Å². The van der Waals surface area contributed by atoms with Gasteiger partial charge in [-0.15, -0.1) is 0 Å². The Morgan fingerprint density at radius 1 is 1.36 bits per heavy atom. The average molecular weight is 196 g/mol. The van der Waals surface area contributed by atoms with Gasteiger partial charge >= 0.3 is 0 Å². The number of nitrogens with one attached hydrogen (secondary N) is 1. The molecule has 3 heteroatoms. The summed E-state index contributed by atoms with van der Waals surface area (Å²) in [6, 6.07) is 6.37. The van der Waals surface area contributed by atoms with Crippen LogP contribution in [-0.2, 0) is 0 Å². The first kappa shape index (κ1) is 11.0. The smallest absolute Gasteiger partial charge is 0.123 e. The summed E-state index contributed by atoms with van der Waals surface area (Å²) in [6.07, 6.45) is 1.06. The SMILES string of the molecule is CCC(CN)CNc1ccc(F)cc1. The van der Waals surface area contributed by atoms with Crippen LogP contribution in [0.1, 0.15) is 13.3 Å². The van der Waals surface area contributed by atoms with Gasteiger partial charge in [-0.3, -0.25) is 0 Å². The molecule has 0 aromatic heterocycles. The fraction of sp³-hybridized carbons (Fsp3) is 0.455. The quantitative estimate of drug-likeness (QED) is 0.757. The Balaban J connectivity index is 2.41. The third-order valence-electron chi connectivity index (χ3n) is 2.35. The van der Waals surface area contributed by atoms with E-state index in [-0.39, 0.29) is 5.82 Å². The molecule has 0 saturated heterocycles. The van der Waals surface area contributed by atoms with E-state index in [1.54, 1.807) is 12.1 Å². The zero-order chi connectivity index (χ0) is 10.4. The van der Waals surface area contributed by atoms with Crippen LogP contribution < -0.4 is 11.1 Å². The number of halogens is 1. The molecule has 1 atom stereocenters. The molecule has 0 spiro atoms. The van der Waals surface area contributed by atoms with Gasteiger partial charge in [0.1, 0.15) is 5.82 Å². The van der Waals surface area contributed by atoms with Crippen LogP contribution in [-0.4, -0.2) is 13.1 Å². The summed E-state index contributed by atoms with van der Waals surface area (Å²) < 4.78 is 12.6. The predicted octanol–water partition coefficient (Wildman–Crippen LogP) is 2.22. The van der Waals surface area contributed by atoms with Gasteiger partial charge in [-0.2, -0.15) is 0 Å². The van der Waals surface area contributed by atoms with Crippen LogP contribution in [0.15, 0.2) is 24.3 Å². The Labute approximate surface area is 84.3 Å². The Morgan fingerprint density at radius 3 is 2.50 bits per heavy atom. The highest BCUT2D eigenvalue weighted by atomic mass is 19.1. The Hall–Kier alpha value is -1.09. The van der Waals surface area contributed by atoms with Gasteiger partial charge in [0, 0.05) is 12.2 Å². The lowest BCUT2D eigenvalue weighted by Gasteiger charge is -2.13. The summed E-state index contributed by atoms with van der Waals surface area (Å²) in [6.45, 7) is 3.65. The van der Waals surface area contributed by atoms with Gasteiger partial charge in [0.2, 0.25) is 0 Å². The number of benzene rings is 1. The lowest BCUT2D eigenvalue weighted by molar-refractivity contribution is 0.548. The number of anilines is 1. The Morgan fingerprint density at radius 2 is 2.00 bits per heavy atom. The molecule has 0 heterocycles. The third-order valence-corrected chi connectivity index (χ3v) is 2.35. The number of nitrogens with two attached hydrogens (primary N) is 1. The van der Waals surface area contributed by atoms with E-state index in [1.165, 1.54) is 12.1 Å². The zero-order valence-corrected chi connectivity index (χ0v) is 8.46. The van der Waals surface area contributed by atoms with Crippen LogP contribution in [0.3, 0.4) is 0 Å². The molecule has 0 aliphatic carbocycles. The molecule has 0 saturated carbocycles. The molecule has 3 N–H and O–H groups in total. The van der Waals surface area contributed by atoms with Crippen LogP contribution in [0.5, 0.6) is 0 Å². The highest BCUT2D eigenvalue weighted by Gasteiger charge is 2.02. The molecular formula is C11H17FN2. The molecule has 1 unspecified atom stereocenters. The highest BCUT2D eigenvalue weighted by molar-refractivity contribution is 5.42. The van der Waals surface area contributed by atoms with Crippen LogP contribution in [0.25, 0.3) is 0 Å².